The van der Waals surface area contributed by atoms with E-state index in [4.69, 9.17) is 19.9 Å². The Hall–Kier alpha value is -4.55. The molecular formula is C38H54N8O4. The fourth-order valence-electron chi connectivity index (χ4n) is 6.38. The standard InChI is InChI=1S/C21H30N4O3.C17H24N4O/c1-16(2)28-21(26)23-17-7-8-20(18(15-17)19-9-10-22-24(19)3)27-14-13-25-11-5-4-6-12-25;1-20-16(7-8-19-20)15-13-14(18)5-6-17(15)22-12-11-21-9-3-2-4-10-21/h7-10,15-16H,4-6,11-14H2,1-3H3,(H,23,26);5-8,13H,2-4,9-12,18H2,1H3. The lowest BCUT2D eigenvalue weighted by Gasteiger charge is -2.26. The first kappa shape index (κ1) is 36.7. The largest absolute Gasteiger partial charge is 0.492 e. The Morgan fingerprint density at radius 1 is 0.740 bits per heavy atom. The van der Waals surface area contributed by atoms with Gasteiger partial charge in [-0.3, -0.25) is 24.5 Å². The van der Waals surface area contributed by atoms with E-state index in [0.29, 0.717) is 18.9 Å². The van der Waals surface area contributed by atoms with Crippen molar-refractivity contribution in [3.05, 3.63) is 60.9 Å². The molecule has 2 aromatic heterocycles. The van der Waals surface area contributed by atoms with Crippen molar-refractivity contribution in [2.24, 2.45) is 14.1 Å². The number of carbonyl (C=O) groups is 1. The zero-order valence-corrected chi connectivity index (χ0v) is 30.1. The fraction of sp³-hybridized carbons (Fsp3) is 0.500. The Bertz CT molecular complexity index is 1640. The molecule has 0 radical (unpaired) electrons. The highest BCUT2D eigenvalue weighted by Gasteiger charge is 2.16. The highest BCUT2D eigenvalue weighted by molar-refractivity contribution is 5.86. The molecular weight excluding hydrogens is 632 g/mol. The van der Waals surface area contributed by atoms with E-state index in [-0.39, 0.29) is 6.10 Å². The molecule has 0 saturated carbocycles. The third-order valence-corrected chi connectivity index (χ3v) is 8.99. The molecule has 0 spiro atoms. The van der Waals surface area contributed by atoms with Gasteiger partial charge in [-0.2, -0.15) is 10.2 Å². The van der Waals surface area contributed by atoms with Gasteiger partial charge < -0.3 is 19.9 Å². The number of anilines is 2. The predicted molar refractivity (Wildman–Crippen MR) is 199 cm³/mol. The number of carbonyl (C=O) groups excluding carboxylic acids is 1. The first-order chi connectivity index (χ1) is 24.3. The number of hydrogen-bond acceptors (Lipinski definition) is 9. The predicted octanol–water partition coefficient (Wildman–Crippen LogP) is 6.44. The molecule has 2 saturated heterocycles. The van der Waals surface area contributed by atoms with Crippen molar-refractivity contribution in [3.8, 4) is 34.0 Å². The molecule has 3 N–H and O–H groups in total. The van der Waals surface area contributed by atoms with Crippen molar-refractivity contribution in [2.75, 3.05) is 63.5 Å². The van der Waals surface area contributed by atoms with Crippen LogP contribution >= 0.6 is 0 Å². The molecule has 12 nitrogen and oxygen atoms in total. The summed E-state index contributed by atoms with van der Waals surface area (Å²) in [5.41, 5.74) is 11.2. The minimum absolute atomic E-state index is 0.172. The maximum Gasteiger partial charge on any atom is 0.411 e. The molecule has 2 aromatic carbocycles. The van der Waals surface area contributed by atoms with Crippen molar-refractivity contribution in [3.63, 3.8) is 0 Å². The van der Waals surface area contributed by atoms with Crippen molar-refractivity contribution in [2.45, 2.75) is 58.5 Å². The van der Waals surface area contributed by atoms with Gasteiger partial charge in [-0.15, -0.1) is 0 Å². The van der Waals surface area contributed by atoms with Crippen LogP contribution in [0.4, 0.5) is 16.2 Å². The summed E-state index contributed by atoms with van der Waals surface area (Å²) in [6.45, 7) is 11.6. The molecule has 12 heteroatoms. The maximum absolute atomic E-state index is 11.9. The second kappa shape index (κ2) is 18.4. The Kier molecular flexibility index (Phi) is 13.5. The Balaban J connectivity index is 0.000000200. The highest BCUT2D eigenvalue weighted by Crippen LogP contribution is 2.33. The average Bonchev–Trinajstić information content (AvgIpc) is 3.74. The second-order valence-electron chi connectivity index (χ2n) is 13.2. The van der Waals surface area contributed by atoms with Gasteiger partial charge in [0.05, 0.1) is 17.5 Å². The van der Waals surface area contributed by atoms with Crippen molar-refractivity contribution in [1.29, 1.82) is 0 Å². The fourth-order valence-corrected chi connectivity index (χ4v) is 6.38. The minimum atomic E-state index is -0.468. The molecule has 2 aliphatic heterocycles. The zero-order valence-electron chi connectivity index (χ0n) is 30.1. The first-order valence-electron chi connectivity index (χ1n) is 17.9. The number of aryl methyl sites for hydroxylation is 2. The molecule has 0 unspecified atom stereocenters. The van der Waals surface area contributed by atoms with Gasteiger partial charge in [0.2, 0.25) is 0 Å². The van der Waals surface area contributed by atoms with Gasteiger partial charge in [0.15, 0.2) is 0 Å². The van der Waals surface area contributed by atoms with Crippen LogP contribution in [-0.2, 0) is 18.8 Å². The number of nitrogens with one attached hydrogen (secondary N) is 1. The summed E-state index contributed by atoms with van der Waals surface area (Å²) >= 11 is 0. The maximum atomic E-state index is 11.9. The van der Waals surface area contributed by atoms with Crippen LogP contribution in [0.5, 0.6) is 11.5 Å². The van der Waals surface area contributed by atoms with Crippen LogP contribution in [0.3, 0.4) is 0 Å². The zero-order chi connectivity index (χ0) is 35.3. The number of aromatic nitrogens is 4. The molecule has 4 aromatic rings. The van der Waals surface area contributed by atoms with E-state index in [2.05, 4.69) is 25.3 Å². The Morgan fingerprint density at radius 3 is 1.72 bits per heavy atom. The summed E-state index contributed by atoms with van der Waals surface area (Å²) in [6.07, 6.45) is 10.7. The normalized spacial score (nSPS) is 15.3. The van der Waals surface area contributed by atoms with Gasteiger partial charge in [-0.25, -0.2) is 4.79 Å². The van der Waals surface area contributed by atoms with Gasteiger partial charge in [0.25, 0.3) is 0 Å². The van der Waals surface area contributed by atoms with Gasteiger partial charge in [-0.05, 0) is 114 Å². The number of benzene rings is 2. The molecule has 2 aliphatic rings. The summed E-state index contributed by atoms with van der Waals surface area (Å²) in [7, 11) is 3.82. The number of rotatable bonds is 12. The molecule has 1 amide bonds. The third kappa shape index (κ3) is 10.7. The minimum Gasteiger partial charge on any atom is -0.492 e. The lowest BCUT2D eigenvalue weighted by Crippen LogP contribution is -2.33. The van der Waals surface area contributed by atoms with Crippen LogP contribution in [0.2, 0.25) is 0 Å². The van der Waals surface area contributed by atoms with E-state index < -0.39 is 6.09 Å². The topological polar surface area (TPSA) is 125 Å². The number of nitrogen functional groups attached to an aromatic ring is 1. The molecule has 2 fully saturated rings. The number of nitrogens with two attached hydrogens (primary N) is 1. The SMILES string of the molecule is CC(C)OC(=O)Nc1ccc(OCCN2CCCCC2)c(-c2ccnn2C)c1.Cn1nccc1-c1cc(N)ccc1OCCN1CCCCC1. The van der Waals surface area contributed by atoms with E-state index in [9.17, 15) is 4.79 Å². The highest BCUT2D eigenvalue weighted by atomic mass is 16.6. The van der Waals surface area contributed by atoms with Gasteiger partial charge in [-0.1, -0.05) is 12.8 Å². The lowest BCUT2D eigenvalue weighted by molar-refractivity contribution is 0.130. The van der Waals surface area contributed by atoms with E-state index in [0.717, 1.165) is 65.9 Å². The molecule has 0 aliphatic carbocycles. The second-order valence-corrected chi connectivity index (χ2v) is 13.2. The molecule has 270 valence electrons. The van der Waals surface area contributed by atoms with E-state index in [1.807, 2.05) is 81.2 Å². The van der Waals surface area contributed by atoms with E-state index in [1.165, 1.54) is 51.6 Å². The van der Waals surface area contributed by atoms with Crippen molar-refractivity contribution < 1.29 is 19.0 Å². The molecule has 6 rings (SSSR count). The van der Waals surface area contributed by atoms with Crippen LogP contribution in [0.25, 0.3) is 22.5 Å². The summed E-state index contributed by atoms with van der Waals surface area (Å²) in [5, 5.41) is 11.3. The quantitative estimate of drug-likeness (QED) is 0.162. The van der Waals surface area contributed by atoms with Gasteiger partial charge >= 0.3 is 6.09 Å². The average molecular weight is 687 g/mol. The van der Waals surface area contributed by atoms with Crippen LogP contribution in [0.1, 0.15) is 52.4 Å². The first-order valence-corrected chi connectivity index (χ1v) is 17.9. The Morgan fingerprint density at radius 2 is 1.24 bits per heavy atom. The van der Waals surface area contributed by atoms with E-state index >= 15 is 0 Å². The van der Waals surface area contributed by atoms with Gasteiger partial charge in [0, 0.05) is 62.1 Å². The van der Waals surface area contributed by atoms with Crippen LogP contribution in [-0.4, -0.2) is 94.0 Å². The summed E-state index contributed by atoms with van der Waals surface area (Å²) in [5.74, 6) is 1.65. The summed E-state index contributed by atoms with van der Waals surface area (Å²) in [6, 6.07) is 15.3. The molecule has 0 atom stereocenters. The number of likely N-dealkylation sites (tertiary alicyclic amines) is 2. The number of amides is 1. The Labute approximate surface area is 296 Å². The monoisotopic (exact) mass is 686 g/mol. The van der Waals surface area contributed by atoms with Crippen LogP contribution in [0, 0.1) is 0 Å². The molecule has 4 heterocycles. The van der Waals surface area contributed by atoms with Crippen molar-refractivity contribution >= 4 is 17.5 Å². The van der Waals surface area contributed by atoms with Crippen LogP contribution in [0.15, 0.2) is 60.9 Å². The number of ether oxygens (including phenoxy) is 3. The molecule has 0 bridgehead atoms. The van der Waals surface area contributed by atoms with Crippen molar-refractivity contribution in [1.82, 2.24) is 29.4 Å². The summed E-state index contributed by atoms with van der Waals surface area (Å²) < 4.78 is 21.0. The molecule has 50 heavy (non-hydrogen) atoms. The van der Waals surface area contributed by atoms with Gasteiger partial charge in [0.1, 0.15) is 24.7 Å². The van der Waals surface area contributed by atoms with Crippen LogP contribution < -0.4 is 20.5 Å². The van der Waals surface area contributed by atoms with E-state index in [1.54, 1.807) is 17.1 Å². The number of hydrogen-bond donors (Lipinski definition) is 2. The lowest BCUT2D eigenvalue weighted by atomic mass is 10.1. The number of nitrogens with zero attached hydrogens (tertiary/aromatic N) is 6. The smallest absolute Gasteiger partial charge is 0.411 e. The number of piperidine rings is 2. The summed E-state index contributed by atoms with van der Waals surface area (Å²) in [4.78, 5) is 16.9. The third-order valence-electron chi connectivity index (χ3n) is 8.99.